The van der Waals surface area contributed by atoms with Crippen LogP contribution in [-0.2, 0) is 27.2 Å². The number of amides is 2. The van der Waals surface area contributed by atoms with Crippen molar-refractivity contribution in [3.63, 3.8) is 0 Å². The summed E-state index contributed by atoms with van der Waals surface area (Å²) in [5.74, 6) is -1.24. The number of fused-ring (bicyclic) bond motifs is 1. The molecule has 0 saturated heterocycles. The molecule has 1 aliphatic heterocycles. The molecule has 0 unspecified atom stereocenters. The van der Waals surface area contributed by atoms with Gasteiger partial charge in [-0.3, -0.25) is 9.59 Å². The van der Waals surface area contributed by atoms with Crippen molar-refractivity contribution in [2.75, 3.05) is 19.7 Å². The van der Waals surface area contributed by atoms with Crippen LogP contribution in [0.3, 0.4) is 0 Å². The van der Waals surface area contributed by atoms with Crippen molar-refractivity contribution in [1.29, 1.82) is 0 Å². The summed E-state index contributed by atoms with van der Waals surface area (Å²) in [6.45, 7) is 1.35. The Bertz CT molecular complexity index is 731. The van der Waals surface area contributed by atoms with Gasteiger partial charge < -0.3 is 15.4 Å². The van der Waals surface area contributed by atoms with Gasteiger partial charge in [-0.25, -0.2) is 0 Å². The second-order valence-corrected chi connectivity index (χ2v) is 6.01. The highest BCUT2D eigenvalue weighted by molar-refractivity contribution is 6.35. The molecule has 0 bridgehead atoms. The topological polar surface area (TPSA) is 67.4 Å². The fraction of sp³-hybridized carbons (Fsp3) is 0.300. The zero-order chi connectivity index (χ0) is 17.5. The number of nitrogens with one attached hydrogen (secondary N) is 2. The molecule has 5 nitrogen and oxygen atoms in total. The minimum Gasteiger partial charge on any atom is -0.371 e. The van der Waals surface area contributed by atoms with Gasteiger partial charge in [0.2, 0.25) is 0 Å². The first-order chi connectivity index (χ1) is 12.2. The minimum absolute atomic E-state index is 0.203. The number of hydrogen-bond donors (Lipinski definition) is 2. The van der Waals surface area contributed by atoms with Gasteiger partial charge in [0.15, 0.2) is 0 Å². The van der Waals surface area contributed by atoms with E-state index in [9.17, 15) is 9.59 Å². The van der Waals surface area contributed by atoms with Crippen molar-refractivity contribution in [1.82, 2.24) is 10.6 Å². The van der Waals surface area contributed by atoms with Gasteiger partial charge in [0.1, 0.15) is 6.10 Å². The molecule has 0 radical (unpaired) electrons. The van der Waals surface area contributed by atoms with Crippen LogP contribution in [0.4, 0.5) is 0 Å². The van der Waals surface area contributed by atoms with Crippen molar-refractivity contribution < 1.29 is 14.3 Å². The molecule has 130 valence electrons. The van der Waals surface area contributed by atoms with Gasteiger partial charge in [-0.15, -0.1) is 0 Å². The molecule has 2 aromatic carbocycles. The van der Waals surface area contributed by atoms with E-state index in [1.54, 1.807) is 0 Å². The number of ether oxygens (including phenoxy) is 1. The van der Waals surface area contributed by atoms with Crippen LogP contribution in [0.2, 0.25) is 0 Å². The first kappa shape index (κ1) is 17.2. The Kier molecular flexibility index (Phi) is 5.80. The highest BCUT2D eigenvalue weighted by atomic mass is 16.5. The molecule has 2 N–H and O–H groups in total. The molecule has 1 atom stereocenters. The average molecular weight is 338 g/mol. The second kappa shape index (κ2) is 8.44. The van der Waals surface area contributed by atoms with Crippen LogP contribution >= 0.6 is 0 Å². The molecular formula is C20H22N2O3. The summed E-state index contributed by atoms with van der Waals surface area (Å²) in [5.41, 5.74) is 3.44. The summed E-state index contributed by atoms with van der Waals surface area (Å²) in [6.07, 6.45) is 1.37. The maximum atomic E-state index is 12.0. The number of rotatable bonds is 5. The molecular weight excluding hydrogens is 316 g/mol. The summed E-state index contributed by atoms with van der Waals surface area (Å²) in [6, 6.07) is 17.9. The van der Waals surface area contributed by atoms with Gasteiger partial charge in [-0.2, -0.15) is 0 Å². The van der Waals surface area contributed by atoms with Crippen molar-refractivity contribution >= 4 is 11.8 Å². The molecule has 25 heavy (non-hydrogen) atoms. The fourth-order valence-electron chi connectivity index (χ4n) is 2.96. The Morgan fingerprint density at radius 2 is 1.68 bits per heavy atom. The summed E-state index contributed by atoms with van der Waals surface area (Å²) < 4.78 is 5.73. The van der Waals surface area contributed by atoms with Crippen molar-refractivity contribution in [2.24, 2.45) is 0 Å². The van der Waals surface area contributed by atoms with Crippen LogP contribution in [0.25, 0.3) is 0 Å². The molecule has 1 heterocycles. The van der Waals surface area contributed by atoms with Crippen molar-refractivity contribution in [3.05, 3.63) is 71.3 Å². The van der Waals surface area contributed by atoms with Crippen LogP contribution in [0, 0.1) is 0 Å². The van der Waals surface area contributed by atoms with Gasteiger partial charge in [-0.05, 0) is 29.5 Å². The van der Waals surface area contributed by atoms with Crippen molar-refractivity contribution in [2.45, 2.75) is 18.9 Å². The van der Waals surface area contributed by atoms with Crippen LogP contribution in [-0.4, -0.2) is 31.5 Å². The first-order valence-corrected chi connectivity index (χ1v) is 8.53. The quantitative estimate of drug-likeness (QED) is 0.817. The van der Waals surface area contributed by atoms with E-state index in [-0.39, 0.29) is 6.10 Å². The lowest BCUT2D eigenvalue weighted by molar-refractivity contribution is -0.139. The Hall–Kier alpha value is -2.66. The minimum atomic E-state index is -0.625. The standard InChI is InChI=1S/C20H22N2O3/c23-19(21-12-10-15-6-2-1-3-7-15)20(24)22-14-18-17-9-5-4-8-16(17)11-13-25-18/h1-9,18H,10-14H2,(H,21,23)(H,22,24)/t18-/m0/s1. The molecule has 0 spiro atoms. The van der Waals surface area contributed by atoms with Crippen LogP contribution < -0.4 is 10.6 Å². The third-order valence-electron chi connectivity index (χ3n) is 4.29. The van der Waals surface area contributed by atoms with Crippen LogP contribution in [0.15, 0.2) is 54.6 Å². The summed E-state index contributed by atoms with van der Waals surface area (Å²) in [5, 5.41) is 5.31. The molecule has 2 aromatic rings. The normalized spacial score (nSPS) is 15.9. The monoisotopic (exact) mass is 338 g/mol. The molecule has 0 aromatic heterocycles. The van der Waals surface area contributed by atoms with Gasteiger partial charge in [0, 0.05) is 13.1 Å². The summed E-state index contributed by atoms with van der Waals surface area (Å²) in [7, 11) is 0. The lowest BCUT2D eigenvalue weighted by atomic mass is 9.97. The molecule has 0 aliphatic carbocycles. The lowest BCUT2D eigenvalue weighted by Crippen LogP contribution is -2.42. The Labute approximate surface area is 147 Å². The Morgan fingerprint density at radius 3 is 2.52 bits per heavy atom. The van der Waals surface area contributed by atoms with Crippen molar-refractivity contribution in [3.8, 4) is 0 Å². The Balaban J connectivity index is 1.44. The van der Waals surface area contributed by atoms with E-state index in [4.69, 9.17) is 4.74 Å². The van der Waals surface area contributed by atoms with E-state index in [2.05, 4.69) is 16.7 Å². The van der Waals surface area contributed by atoms with E-state index in [0.29, 0.717) is 26.1 Å². The zero-order valence-corrected chi connectivity index (χ0v) is 14.0. The van der Waals surface area contributed by atoms with Gasteiger partial charge in [0.05, 0.1) is 6.61 Å². The summed E-state index contributed by atoms with van der Waals surface area (Å²) in [4.78, 5) is 23.8. The van der Waals surface area contributed by atoms with Gasteiger partial charge >= 0.3 is 11.8 Å². The van der Waals surface area contributed by atoms with E-state index < -0.39 is 11.8 Å². The number of benzene rings is 2. The van der Waals surface area contributed by atoms with Crippen LogP contribution in [0.1, 0.15) is 22.8 Å². The zero-order valence-electron chi connectivity index (χ0n) is 14.0. The van der Waals surface area contributed by atoms with E-state index in [0.717, 1.165) is 17.5 Å². The van der Waals surface area contributed by atoms with Gasteiger partial charge in [0.25, 0.3) is 0 Å². The molecule has 1 aliphatic rings. The van der Waals surface area contributed by atoms with Crippen LogP contribution in [0.5, 0.6) is 0 Å². The SMILES string of the molecule is O=C(NCCc1ccccc1)C(=O)NC[C@@H]1OCCc2ccccc21. The van der Waals surface area contributed by atoms with E-state index in [1.807, 2.05) is 48.5 Å². The number of hydrogen-bond acceptors (Lipinski definition) is 3. The fourth-order valence-corrected chi connectivity index (χ4v) is 2.96. The smallest absolute Gasteiger partial charge is 0.309 e. The average Bonchev–Trinajstić information content (AvgIpc) is 2.66. The second-order valence-electron chi connectivity index (χ2n) is 6.01. The maximum Gasteiger partial charge on any atom is 0.309 e. The first-order valence-electron chi connectivity index (χ1n) is 8.53. The molecule has 3 rings (SSSR count). The predicted molar refractivity (Wildman–Crippen MR) is 95.0 cm³/mol. The highest BCUT2D eigenvalue weighted by Crippen LogP contribution is 2.26. The number of carbonyl (C=O) groups is 2. The Morgan fingerprint density at radius 1 is 0.960 bits per heavy atom. The molecule has 2 amide bonds. The third-order valence-corrected chi connectivity index (χ3v) is 4.29. The predicted octanol–water partition coefficient (Wildman–Crippen LogP) is 1.78. The number of carbonyl (C=O) groups excluding carboxylic acids is 2. The lowest BCUT2D eigenvalue weighted by Gasteiger charge is -2.26. The molecule has 5 heteroatoms. The van der Waals surface area contributed by atoms with Gasteiger partial charge in [-0.1, -0.05) is 54.6 Å². The maximum absolute atomic E-state index is 12.0. The van der Waals surface area contributed by atoms with E-state index in [1.165, 1.54) is 5.56 Å². The highest BCUT2D eigenvalue weighted by Gasteiger charge is 2.22. The molecule has 0 saturated carbocycles. The largest absolute Gasteiger partial charge is 0.371 e. The third kappa shape index (κ3) is 4.67. The molecule has 0 fully saturated rings. The van der Waals surface area contributed by atoms with E-state index >= 15 is 0 Å². The summed E-state index contributed by atoms with van der Waals surface area (Å²) >= 11 is 0.